The Morgan fingerprint density at radius 1 is 1.33 bits per heavy atom. The van der Waals surface area contributed by atoms with E-state index >= 15 is 0 Å². The van der Waals surface area contributed by atoms with E-state index in [9.17, 15) is 4.79 Å². The molecule has 122 valence electrons. The molecule has 1 heterocycles. The second-order valence-corrected chi connectivity index (χ2v) is 7.40. The SMILES string of the molecule is CC1CC(NC(CNC(=O)OC(C)(C)C)C2CC2)CCO1. The molecule has 3 unspecified atom stereocenters. The molecule has 3 atom stereocenters. The Balaban J connectivity index is 1.76. The van der Waals surface area contributed by atoms with Gasteiger partial charge in [-0.3, -0.25) is 0 Å². The molecule has 1 saturated carbocycles. The molecule has 21 heavy (non-hydrogen) atoms. The van der Waals surface area contributed by atoms with Gasteiger partial charge in [0.1, 0.15) is 5.60 Å². The van der Waals surface area contributed by atoms with Crippen molar-refractivity contribution in [3.05, 3.63) is 0 Å². The topological polar surface area (TPSA) is 59.6 Å². The molecule has 5 heteroatoms. The highest BCUT2D eigenvalue weighted by Gasteiger charge is 2.34. The van der Waals surface area contributed by atoms with Crippen molar-refractivity contribution in [1.82, 2.24) is 10.6 Å². The maximum absolute atomic E-state index is 11.8. The number of alkyl carbamates (subject to hydrolysis) is 1. The van der Waals surface area contributed by atoms with E-state index < -0.39 is 5.60 Å². The minimum Gasteiger partial charge on any atom is -0.444 e. The van der Waals surface area contributed by atoms with Gasteiger partial charge in [-0.15, -0.1) is 0 Å². The summed E-state index contributed by atoms with van der Waals surface area (Å²) in [5.74, 6) is 0.693. The van der Waals surface area contributed by atoms with E-state index in [1.807, 2.05) is 20.8 Å². The van der Waals surface area contributed by atoms with Crippen LogP contribution in [0.1, 0.15) is 53.4 Å². The summed E-state index contributed by atoms with van der Waals surface area (Å²) in [7, 11) is 0. The molecule has 5 nitrogen and oxygen atoms in total. The summed E-state index contributed by atoms with van der Waals surface area (Å²) in [5, 5.41) is 6.62. The lowest BCUT2D eigenvalue weighted by molar-refractivity contribution is 0.0104. The lowest BCUT2D eigenvalue weighted by Gasteiger charge is -2.32. The Kier molecular flexibility index (Phi) is 5.49. The average molecular weight is 298 g/mol. The maximum Gasteiger partial charge on any atom is 0.407 e. The normalized spacial score (nSPS) is 28.0. The van der Waals surface area contributed by atoms with E-state index in [4.69, 9.17) is 9.47 Å². The van der Waals surface area contributed by atoms with Crippen LogP contribution in [0.4, 0.5) is 4.79 Å². The first kappa shape index (κ1) is 16.6. The van der Waals surface area contributed by atoms with Crippen LogP contribution in [0.15, 0.2) is 0 Å². The number of nitrogens with one attached hydrogen (secondary N) is 2. The molecule has 1 saturated heterocycles. The molecule has 1 amide bonds. The number of amides is 1. The zero-order valence-corrected chi connectivity index (χ0v) is 13.8. The van der Waals surface area contributed by atoms with Crippen LogP contribution < -0.4 is 10.6 Å². The number of ether oxygens (including phenoxy) is 2. The van der Waals surface area contributed by atoms with Crippen LogP contribution in [0.2, 0.25) is 0 Å². The lowest BCUT2D eigenvalue weighted by atomic mass is 10.0. The third kappa shape index (κ3) is 6.22. The Hall–Kier alpha value is -0.810. The van der Waals surface area contributed by atoms with Gasteiger partial charge in [0.25, 0.3) is 0 Å². The highest BCUT2D eigenvalue weighted by molar-refractivity contribution is 5.67. The van der Waals surface area contributed by atoms with Gasteiger partial charge in [0.2, 0.25) is 0 Å². The lowest BCUT2D eigenvalue weighted by Crippen LogP contribution is -2.49. The molecule has 2 fully saturated rings. The van der Waals surface area contributed by atoms with Crippen molar-refractivity contribution < 1.29 is 14.3 Å². The van der Waals surface area contributed by atoms with Crippen molar-refractivity contribution in [2.24, 2.45) is 5.92 Å². The number of rotatable bonds is 5. The molecule has 2 rings (SSSR count). The molecule has 0 aromatic heterocycles. The third-order valence-corrected chi connectivity index (χ3v) is 3.99. The second-order valence-electron chi connectivity index (χ2n) is 7.40. The van der Waals surface area contributed by atoms with Crippen LogP contribution in [0.5, 0.6) is 0 Å². The van der Waals surface area contributed by atoms with Crippen molar-refractivity contribution >= 4 is 6.09 Å². The predicted molar refractivity (Wildman–Crippen MR) is 82.3 cm³/mol. The largest absolute Gasteiger partial charge is 0.444 e. The molecule has 0 aromatic carbocycles. The second kappa shape index (κ2) is 6.97. The van der Waals surface area contributed by atoms with Gasteiger partial charge in [-0.1, -0.05) is 0 Å². The fourth-order valence-corrected chi connectivity index (χ4v) is 2.82. The summed E-state index contributed by atoms with van der Waals surface area (Å²) in [4.78, 5) is 11.8. The van der Waals surface area contributed by atoms with Crippen molar-refractivity contribution in [2.45, 2.75) is 77.2 Å². The van der Waals surface area contributed by atoms with E-state index in [0.29, 0.717) is 30.7 Å². The molecular weight excluding hydrogens is 268 g/mol. The van der Waals surface area contributed by atoms with Crippen molar-refractivity contribution in [2.75, 3.05) is 13.2 Å². The first-order chi connectivity index (χ1) is 9.83. The number of carbonyl (C=O) groups is 1. The summed E-state index contributed by atoms with van der Waals surface area (Å²) < 4.78 is 10.9. The molecule has 0 bridgehead atoms. The van der Waals surface area contributed by atoms with Crippen molar-refractivity contribution in [1.29, 1.82) is 0 Å². The summed E-state index contributed by atoms with van der Waals surface area (Å²) in [5.41, 5.74) is -0.442. The molecule has 2 aliphatic rings. The van der Waals surface area contributed by atoms with Gasteiger partial charge >= 0.3 is 6.09 Å². The van der Waals surface area contributed by atoms with Crippen molar-refractivity contribution in [3.8, 4) is 0 Å². The van der Waals surface area contributed by atoms with E-state index in [1.165, 1.54) is 12.8 Å². The Bertz CT molecular complexity index is 350. The van der Waals surface area contributed by atoms with Crippen LogP contribution >= 0.6 is 0 Å². The quantitative estimate of drug-likeness (QED) is 0.818. The summed E-state index contributed by atoms with van der Waals surface area (Å²) in [6, 6.07) is 0.854. The van der Waals surface area contributed by atoms with Gasteiger partial charge in [-0.2, -0.15) is 0 Å². The molecule has 1 aliphatic heterocycles. The van der Waals surface area contributed by atoms with Crippen LogP contribution in [-0.2, 0) is 9.47 Å². The molecule has 0 radical (unpaired) electrons. The summed E-state index contributed by atoms with van der Waals surface area (Å²) in [6.45, 7) is 9.24. The molecule has 0 spiro atoms. The fraction of sp³-hybridized carbons (Fsp3) is 0.938. The number of hydrogen-bond donors (Lipinski definition) is 2. The Morgan fingerprint density at radius 2 is 2.05 bits per heavy atom. The van der Waals surface area contributed by atoms with Gasteiger partial charge in [-0.05, 0) is 59.3 Å². The van der Waals surface area contributed by atoms with Gasteiger partial charge in [-0.25, -0.2) is 4.79 Å². The zero-order chi connectivity index (χ0) is 15.5. The van der Waals surface area contributed by atoms with Crippen molar-refractivity contribution in [3.63, 3.8) is 0 Å². The third-order valence-electron chi connectivity index (χ3n) is 3.99. The molecule has 0 aromatic rings. The van der Waals surface area contributed by atoms with Gasteiger partial charge in [0.15, 0.2) is 0 Å². The van der Waals surface area contributed by atoms with Crippen LogP contribution in [0.25, 0.3) is 0 Å². The number of carbonyl (C=O) groups excluding carboxylic acids is 1. The van der Waals surface area contributed by atoms with E-state index in [1.54, 1.807) is 0 Å². The molecule has 2 N–H and O–H groups in total. The summed E-state index contributed by atoms with van der Waals surface area (Å²) in [6.07, 6.45) is 4.62. The minimum absolute atomic E-state index is 0.324. The monoisotopic (exact) mass is 298 g/mol. The molecular formula is C16H30N2O3. The summed E-state index contributed by atoms with van der Waals surface area (Å²) >= 11 is 0. The van der Waals surface area contributed by atoms with Crippen LogP contribution in [0.3, 0.4) is 0 Å². The number of hydrogen-bond acceptors (Lipinski definition) is 4. The maximum atomic E-state index is 11.8. The smallest absolute Gasteiger partial charge is 0.407 e. The fourth-order valence-electron chi connectivity index (χ4n) is 2.82. The standard InChI is InChI=1S/C16H30N2O3/c1-11-9-13(7-8-20-11)18-14(12-5-6-12)10-17-15(19)21-16(2,3)4/h11-14,18H,5-10H2,1-4H3,(H,17,19). The predicted octanol–water partition coefficient (Wildman–Crippen LogP) is 2.45. The zero-order valence-electron chi connectivity index (χ0n) is 13.8. The molecule has 1 aliphatic carbocycles. The van der Waals surface area contributed by atoms with Crippen LogP contribution in [-0.4, -0.2) is 43.0 Å². The van der Waals surface area contributed by atoms with Gasteiger partial charge in [0.05, 0.1) is 6.10 Å². The van der Waals surface area contributed by atoms with E-state index in [2.05, 4.69) is 17.6 Å². The van der Waals surface area contributed by atoms with Gasteiger partial charge < -0.3 is 20.1 Å². The average Bonchev–Trinajstić information content (AvgIpc) is 3.16. The van der Waals surface area contributed by atoms with Gasteiger partial charge in [0, 0.05) is 25.2 Å². The first-order valence-corrected chi connectivity index (χ1v) is 8.18. The van der Waals surface area contributed by atoms with Crippen LogP contribution in [0, 0.1) is 5.92 Å². The first-order valence-electron chi connectivity index (χ1n) is 8.18. The highest BCUT2D eigenvalue weighted by Crippen LogP contribution is 2.33. The van der Waals surface area contributed by atoms with E-state index in [-0.39, 0.29) is 6.09 Å². The Morgan fingerprint density at radius 3 is 2.62 bits per heavy atom. The van der Waals surface area contributed by atoms with E-state index in [0.717, 1.165) is 19.4 Å². The minimum atomic E-state index is -0.442. The highest BCUT2D eigenvalue weighted by atomic mass is 16.6. The Labute approximate surface area is 128 Å².